The zero-order valence-corrected chi connectivity index (χ0v) is 21.4. The van der Waals surface area contributed by atoms with Gasteiger partial charge in [0.2, 0.25) is 11.3 Å². The predicted octanol–water partition coefficient (Wildman–Crippen LogP) is 6.42. The third-order valence-corrected chi connectivity index (χ3v) is 11.4. The third kappa shape index (κ3) is 5.28. The van der Waals surface area contributed by atoms with Crippen LogP contribution in [0.3, 0.4) is 0 Å². The van der Waals surface area contributed by atoms with Gasteiger partial charge in [-0.15, -0.1) is 11.8 Å². The van der Waals surface area contributed by atoms with Crippen LogP contribution in [0.25, 0.3) is 0 Å². The van der Waals surface area contributed by atoms with Gasteiger partial charge in [-0.1, -0.05) is 96.5 Å². The second-order valence-electron chi connectivity index (χ2n) is 7.76. The van der Waals surface area contributed by atoms with Crippen molar-refractivity contribution in [2.75, 3.05) is 0 Å². The number of rotatable bonds is 8. The molecule has 0 aromatic heterocycles. The minimum absolute atomic E-state index is 0.138. The number of thioether (sulfide) groups is 1. The lowest BCUT2D eigenvalue weighted by Crippen LogP contribution is -2.38. The van der Waals surface area contributed by atoms with Crippen LogP contribution in [0.1, 0.15) is 12.5 Å². The second kappa shape index (κ2) is 11.5. The Morgan fingerprint density at radius 1 is 0.706 bits per heavy atom. The molecule has 1 amide bonds. The molecule has 2 nitrogen and oxygen atoms in total. The standard InChI is InChI=1S/C29H25ClNOPS/c1-23(32)31-29(28(30)34-22-24-14-6-2-7-15-24)33(25-16-8-3-9-17-25,26-18-10-4-11-19-26)27-20-12-5-13-21-27/h2-21H,22H2,1H3/p+1/b29-28+. The van der Waals surface area contributed by atoms with Gasteiger partial charge in [0.1, 0.15) is 20.3 Å². The summed E-state index contributed by atoms with van der Waals surface area (Å²) in [6, 6.07) is 41.4. The Balaban J connectivity index is 2.00. The highest BCUT2D eigenvalue weighted by atomic mass is 35.5. The first kappa shape index (κ1) is 24.3. The molecule has 170 valence electrons. The first-order chi connectivity index (χ1) is 16.6. The van der Waals surface area contributed by atoms with Crippen molar-refractivity contribution in [2.45, 2.75) is 12.7 Å². The van der Waals surface area contributed by atoms with Crippen molar-refractivity contribution in [1.82, 2.24) is 5.32 Å². The number of halogens is 1. The average Bonchev–Trinajstić information content (AvgIpc) is 2.89. The topological polar surface area (TPSA) is 29.1 Å². The zero-order chi connectivity index (χ0) is 23.8. The van der Waals surface area contributed by atoms with Gasteiger partial charge < -0.3 is 0 Å². The molecule has 0 aliphatic rings. The van der Waals surface area contributed by atoms with Crippen LogP contribution in [0, 0.1) is 0 Å². The highest BCUT2D eigenvalue weighted by Crippen LogP contribution is 2.63. The van der Waals surface area contributed by atoms with Crippen LogP contribution in [0.5, 0.6) is 0 Å². The van der Waals surface area contributed by atoms with Crippen LogP contribution in [0.4, 0.5) is 0 Å². The van der Waals surface area contributed by atoms with Gasteiger partial charge >= 0.3 is 0 Å². The molecular formula is C29H26ClNOPS+. The van der Waals surface area contributed by atoms with Gasteiger partial charge in [-0.05, 0) is 42.0 Å². The molecule has 0 saturated carbocycles. The lowest BCUT2D eigenvalue weighted by atomic mass is 10.2. The number of benzene rings is 4. The van der Waals surface area contributed by atoms with E-state index >= 15 is 0 Å². The lowest BCUT2D eigenvalue weighted by molar-refractivity contribution is -0.118. The number of hydrogen-bond donors (Lipinski definition) is 1. The van der Waals surface area contributed by atoms with E-state index in [-0.39, 0.29) is 5.91 Å². The summed E-state index contributed by atoms with van der Waals surface area (Å²) in [5.41, 5.74) is 1.95. The molecule has 0 radical (unpaired) electrons. The van der Waals surface area contributed by atoms with E-state index in [0.717, 1.165) is 21.4 Å². The molecule has 5 heteroatoms. The van der Waals surface area contributed by atoms with Crippen molar-refractivity contribution in [3.8, 4) is 0 Å². The van der Waals surface area contributed by atoms with Crippen molar-refractivity contribution < 1.29 is 4.79 Å². The lowest BCUT2D eigenvalue weighted by Gasteiger charge is -2.30. The van der Waals surface area contributed by atoms with Gasteiger partial charge in [-0.3, -0.25) is 10.1 Å². The summed E-state index contributed by atoms with van der Waals surface area (Å²) in [7, 11) is -2.50. The monoisotopic (exact) mass is 502 g/mol. The van der Waals surface area contributed by atoms with Crippen LogP contribution in [0.2, 0.25) is 0 Å². The number of hydrogen-bond acceptors (Lipinski definition) is 2. The molecular weight excluding hydrogens is 477 g/mol. The van der Waals surface area contributed by atoms with Crippen molar-refractivity contribution in [2.24, 2.45) is 0 Å². The number of carbonyl (C=O) groups is 1. The van der Waals surface area contributed by atoms with Gasteiger partial charge in [0.05, 0.1) is 0 Å². The maximum Gasteiger partial charge on any atom is 0.223 e. The minimum Gasteiger partial charge on any atom is -0.295 e. The van der Waals surface area contributed by atoms with E-state index < -0.39 is 7.26 Å². The van der Waals surface area contributed by atoms with E-state index in [2.05, 4.69) is 53.8 Å². The Kier molecular flexibility index (Phi) is 8.24. The van der Waals surface area contributed by atoms with Crippen LogP contribution in [0.15, 0.2) is 131 Å². The summed E-state index contributed by atoms with van der Waals surface area (Å²) >= 11 is 8.68. The number of amides is 1. The fourth-order valence-electron chi connectivity index (χ4n) is 4.01. The van der Waals surface area contributed by atoms with Crippen LogP contribution >= 0.6 is 30.6 Å². The number of carbonyl (C=O) groups excluding carboxylic acids is 1. The molecule has 4 aromatic carbocycles. The van der Waals surface area contributed by atoms with Gasteiger partial charge in [0.15, 0.2) is 7.26 Å². The molecule has 4 rings (SSSR count). The van der Waals surface area contributed by atoms with Crippen molar-refractivity contribution in [1.29, 1.82) is 0 Å². The van der Waals surface area contributed by atoms with E-state index in [1.807, 2.05) is 72.8 Å². The second-order valence-corrected chi connectivity index (χ2v) is 12.7. The molecule has 0 saturated heterocycles. The van der Waals surface area contributed by atoms with E-state index in [9.17, 15) is 4.79 Å². The smallest absolute Gasteiger partial charge is 0.223 e. The van der Waals surface area contributed by atoms with Crippen molar-refractivity contribution in [3.63, 3.8) is 0 Å². The summed E-state index contributed by atoms with van der Waals surface area (Å²) in [4.78, 5) is 12.6. The Morgan fingerprint density at radius 2 is 1.09 bits per heavy atom. The Hall–Kier alpha value is -2.84. The summed E-state index contributed by atoms with van der Waals surface area (Å²) in [5, 5.41) is 6.59. The molecule has 0 aliphatic heterocycles. The fraction of sp³-hybridized carbons (Fsp3) is 0.0690. The van der Waals surface area contributed by atoms with Gasteiger partial charge in [0.25, 0.3) is 0 Å². The maximum atomic E-state index is 12.6. The van der Waals surface area contributed by atoms with E-state index in [4.69, 9.17) is 11.6 Å². The van der Waals surface area contributed by atoms with Gasteiger partial charge in [-0.25, -0.2) is 0 Å². The van der Waals surface area contributed by atoms with Gasteiger partial charge in [0, 0.05) is 12.7 Å². The highest BCUT2D eigenvalue weighted by Gasteiger charge is 2.52. The predicted molar refractivity (Wildman–Crippen MR) is 150 cm³/mol. The summed E-state index contributed by atoms with van der Waals surface area (Å²) in [5.74, 6) is 0.571. The van der Waals surface area contributed by atoms with Crippen molar-refractivity contribution in [3.05, 3.63) is 137 Å². The molecule has 4 aromatic rings. The van der Waals surface area contributed by atoms with Crippen molar-refractivity contribution >= 4 is 52.4 Å². The average molecular weight is 503 g/mol. The van der Waals surface area contributed by atoms with Crippen LogP contribution < -0.4 is 21.2 Å². The molecule has 0 unspecified atom stereocenters. The fourth-order valence-corrected chi connectivity index (χ4v) is 10.00. The third-order valence-electron chi connectivity index (χ3n) is 5.45. The quantitative estimate of drug-likeness (QED) is 0.282. The Labute approximate surface area is 211 Å². The Bertz CT molecular complexity index is 1150. The summed E-state index contributed by atoms with van der Waals surface area (Å²) in [6.07, 6.45) is 0. The first-order valence-electron chi connectivity index (χ1n) is 11.0. The molecule has 0 atom stereocenters. The molecule has 0 heterocycles. The van der Waals surface area contributed by atoms with Crippen LogP contribution in [-0.4, -0.2) is 5.91 Å². The Morgan fingerprint density at radius 3 is 1.47 bits per heavy atom. The first-order valence-corrected chi connectivity index (χ1v) is 14.2. The molecule has 0 bridgehead atoms. The maximum absolute atomic E-state index is 12.6. The SMILES string of the molecule is CC(=O)N/C(=C(/Cl)SCc1ccccc1)[P+](c1ccccc1)(c1ccccc1)c1ccccc1. The van der Waals surface area contributed by atoms with E-state index in [1.165, 1.54) is 5.56 Å². The van der Waals surface area contributed by atoms with Crippen LogP contribution in [-0.2, 0) is 10.5 Å². The molecule has 0 spiro atoms. The van der Waals surface area contributed by atoms with E-state index in [1.54, 1.807) is 18.7 Å². The molecule has 1 N–H and O–H groups in total. The zero-order valence-electron chi connectivity index (χ0n) is 18.9. The summed E-state index contributed by atoms with van der Waals surface area (Å²) < 4.78 is 0.601. The van der Waals surface area contributed by atoms with Gasteiger partial charge in [-0.2, -0.15) is 0 Å². The molecule has 0 fully saturated rings. The largest absolute Gasteiger partial charge is 0.295 e. The normalized spacial score (nSPS) is 12.1. The molecule has 34 heavy (non-hydrogen) atoms. The highest BCUT2D eigenvalue weighted by molar-refractivity contribution is 8.05. The number of nitrogens with one attached hydrogen (secondary N) is 1. The summed E-state index contributed by atoms with van der Waals surface area (Å²) in [6.45, 7) is 1.54. The molecule has 0 aliphatic carbocycles. The van der Waals surface area contributed by atoms with E-state index in [0.29, 0.717) is 10.1 Å². The minimum atomic E-state index is -2.50.